The summed E-state index contributed by atoms with van der Waals surface area (Å²) < 4.78 is 17.4. The van der Waals surface area contributed by atoms with Crippen LogP contribution in [-0.2, 0) is 0 Å². The number of thiazole rings is 1. The first-order valence-electron chi connectivity index (χ1n) is 11.8. The summed E-state index contributed by atoms with van der Waals surface area (Å²) in [4.78, 5) is 30.3. The van der Waals surface area contributed by atoms with Crippen molar-refractivity contribution in [2.45, 2.75) is 31.3 Å². The number of H-pyrrole nitrogens is 1. The molecule has 1 saturated carbocycles. The van der Waals surface area contributed by atoms with Gasteiger partial charge < -0.3 is 9.88 Å². The maximum absolute atomic E-state index is 15.0. The van der Waals surface area contributed by atoms with Crippen LogP contribution in [0.1, 0.15) is 35.1 Å². The first-order chi connectivity index (χ1) is 18.5. The first kappa shape index (κ1) is 24.1. The van der Waals surface area contributed by atoms with E-state index in [0.717, 1.165) is 11.3 Å². The smallest absolute Gasteiger partial charge is 0.280 e. The molecule has 38 heavy (non-hydrogen) atoms. The van der Waals surface area contributed by atoms with Crippen LogP contribution in [-0.4, -0.2) is 46.6 Å². The Kier molecular flexibility index (Phi) is 6.30. The summed E-state index contributed by atoms with van der Waals surface area (Å²) in [6.45, 7) is 0. The highest BCUT2D eigenvalue weighted by atomic mass is 35.5. The summed E-state index contributed by atoms with van der Waals surface area (Å²) in [6.07, 6.45) is 6.01. The fourth-order valence-corrected chi connectivity index (χ4v) is 5.80. The molecular weight excluding hydrogens is 529 g/mol. The fraction of sp³-hybridized carbons (Fsp3) is 0.240. The van der Waals surface area contributed by atoms with Crippen LogP contribution in [0, 0.1) is 23.1 Å². The van der Waals surface area contributed by atoms with E-state index in [4.69, 9.17) is 16.6 Å². The van der Waals surface area contributed by atoms with Gasteiger partial charge in [-0.1, -0.05) is 35.1 Å². The molecular formula is C25H19ClFN9OS. The number of nitriles is 1. The number of rotatable bonds is 5. The predicted octanol–water partition coefficient (Wildman–Crippen LogP) is 4.80. The Labute approximate surface area is 224 Å². The van der Waals surface area contributed by atoms with E-state index < -0.39 is 5.82 Å². The lowest BCUT2D eigenvalue weighted by Gasteiger charge is -2.34. The predicted molar refractivity (Wildman–Crippen MR) is 139 cm³/mol. The van der Waals surface area contributed by atoms with Crippen LogP contribution in [0.3, 0.4) is 0 Å². The quantitative estimate of drug-likeness (QED) is 0.322. The van der Waals surface area contributed by atoms with Crippen LogP contribution in [0.4, 0.5) is 4.39 Å². The largest absolute Gasteiger partial charge is 0.347 e. The van der Waals surface area contributed by atoms with Gasteiger partial charge in [-0.3, -0.25) is 14.9 Å². The number of benzene rings is 1. The minimum absolute atomic E-state index is 0.257. The number of aromatic nitrogens is 7. The molecule has 1 fully saturated rings. The number of nitrogens with one attached hydrogen (secondary N) is 2. The summed E-state index contributed by atoms with van der Waals surface area (Å²) in [5, 5.41) is 20.0. The minimum atomic E-state index is -0.413. The summed E-state index contributed by atoms with van der Waals surface area (Å²) in [6, 6.07) is 10.0. The number of aromatic amines is 1. The maximum atomic E-state index is 15.0. The molecule has 0 spiro atoms. The number of amides is 1. The van der Waals surface area contributed by atoms with Crippen molar-refractivity contribution >= 4 is 39.9 Å². The molecule has 0 radical (unpaired) electrons. The number of carbonyl (C=O) groups excluding carboxylic acids is 1. The zero-order chi connectivity index (χ0) is 26.2. The molecule has 10 nitrogen and oxygen atoms in total. The van der Waals surface area contributed by atoms with Gasteiger partial charge in [0.1, 0.15) is 33.5 Å². The van der Waals surface area contributed by atoms with E-state index in [1.54, 1.807) is 24.4 Å². The second-order valence-corrected chi connectivity index (χ2v) is 10.7. The van der Waals surface area contributed by atoms with E-state index in [2.05, 4.69) is 36.5 Å². The normalized spacial score (nSPS) is 19.3. The summed E-state index contributed by atoms with van der Waals surface area (Å²) in [5.41, 5.74) is 2.14. The molecule has 190 valence electrons. The van der Waals surface area contributed by atoms with Crippen LogP contribution >= 0.6 is 22.9 Å². The standard InChI is InChI=1S/C25H19ClFN9OS/c26-21-11-30-25(38-21)24(37)33-14-5-13(9-28)6-15(7-14)36-20-8-18(22-31-12-32-35-22)29-10-19(20)34-23(36)16-3-1-2-4-17(16)27/h1-4,8,10-15H,5-7H2,(H,33,37)(H,31,32,35). The minimum Gasteiger partial charge on any atom is -0.347 e. The molecule has 0 saturated heterocycles. The number of halogens is 2. The number of hydrogen-bond donors (Lipinski definition) is 2. The maximum Gasteiger partial charge on any atom is 0.280 e. The number of imidazole rings is 1. The molecule has 4 aromatic heterocycles. The van der Waals surface area contributed by atoms with Crippen LogP contribution in [0.2, 0.25) is 4.34 Å². The average Bonchev–Trinajstić information content (AvgIpc) is 3.68. The van der Waals surface area contributed by atoms with Crippen LogP contribution in [0.5, 0.6) is 0 Å². The van der Waals surface area contributed by atoms with Gasteiger partial charge in [0.05, 0.1) is 35.5 Å². The molecule has 1 amide bonds. The third-order valence-electron chi connectivity index (χ3n) is 6.57. The summed E-state index contributed by atoms with van der Waals surface area (Å²) >= 11 is 7.05. The van der Waals surface area contributed by atoms with E-state index in [-0.39, 0.29) is 28.9 Å². The van der Waals surface area contributed by atoms with Gasteiger partial charge in [-0.15, -0.1) is 0 Å². The number of carbonyl (C=O) groups is 1. The zero-order valence-electron chi connectivity index (χ0n) is 19.7. The first-order valence-corrected chi connectivity index (χ1v) is 13.0. The Bertz CT molecular complexity index is 1680. The Balaban J connectivity index is 1.44. The van der Waals surface area contributed by atoms with Crippen LogP contribution in [0.15, 0.2) is 49.1 Å². The molecule has 4 heterocycles. The lowest BCUT2D eigenvalue weighted by molar-refractivity contribution is 0.0914. The van der Waals surface area contributed by atoms with Crippen molar-refractivity contribution in [3.05, 3.63) is 64.2 Å². The van der Waals surface area contributed by atoms with Crippen LogP contribution in [0.25, 0.3) is 33.9 Å². The molecule has 13 heteroatoms. The highest BCUT2D eigenvalue weighted by Crippen LogP contribution is 2.39. The highest BCUT2D eigenvalue weighted by Gasteiger charge is 2.34. The van der Waals surface area contributed by atoms with Gasteiger partial charge in [-0.05, 0) is 37.5 Å². The van der Waals surface area contributed by atoms with Crippen molar-refractivity contribution in [2.24, 2.45) is 5.92 Å². The van der Waals surface area contributed by atoms with E-state index in [9.17, 15) is 10.1 Å². The summed E-state index contributed by atoms with van der Waals surface area (Å²) in [5.74, 6) is -0.251. The van der Waals surface area contributed by atoms with Crippen LogP contribution < -0.4 is 5.32 Å². The number of fused-ring (bicyclic) bond motifs is 1. The fourth-order valence-electron chi connectivity index (χ4n) is 4.99. The molecule has 5 aromatic rings. The molecule has 3 atom stereocenters. The van der Waals surface area contributed by atoms with Gasteiger partial charge in [-0.2, -0.15) is 10.4 Å². The van der Waals surface area contributed by atoms with Crippen molar-refractivity contribution in [3.8, 4) is 29.0 Å². The molecule has 2 N–H and O–H groups in total. The van der Waals surface area contributed by atoms with E-state index in [0.29, 0.717) is 57.5 Å². The van der Waals surface area contributed by atoms with E-state index in [1.165, 1.54) is 18.6 Å². The number of hydrogen-bond acceptors (Lipinski definition) is 8. The average molecular weight is 548 g/mol. The lowest BCUT2D eigenvalue weighted by atomic mass is 9.82. The molecule has 1 aliphatic rings. The van der Waals surface area contributed by atoms with Crippen molar-refractivity contribution in [3.63, 3.8) is 0 Å². The van der Waals surface area contributed by atoms with Gasteiger partial charge >= 0.3 is 0 Å². The highest BCUT2D eigenvalue weighted by molar-refractivity contribution is 7.17. The molecule has 0 aliphatic heterocycles. The Hall–Kier alpha value is -4.21. The molecule has 1 aliphatic carbocycles. The van der Waals surface area contributed by atoms with Gasteiger partial charge in [-0.25, -0.2) is 19.3 Å². The molecule has 1 aromatic carbocycles. The SMILES string of the molecule is N#CC1CC(NC(=O)c2ncc(Cl)s2)CC(n2c(-c3ccccc3F)nc3cnc(-c4nc[nH]n4)cc32)C1. The Morgan fingerprint density at radius 3 is 2.82 bits per heavy atom. The Morgan fingerprint density at radius 2 is 2.08 bits per heavy atom. The van der Waals surface area contributed by atoms with Gasteiger partial charge in [0, 0.05) is 12.1 Å². The monoisotopic (exact) mass is 547 g/mol. The van der Waals surface area contributed by atoms with Crippen molar-refractivity contribution in [1.29, 1.82) is 5.26 Å². The van der Waals surface area contributed by atoms with Gasteiger partial charge in [0.2, 0.25) is 0 Å². The van der Waals surface area contributed by atoms with Crippen molar-refractivity contribution in [1.82, 2.24) is 40.0 Å². The summed E-state index contributed by atoms with van der Waals surface area (Å²) in [7, 11) is 0. The molecule has 6 rings (SSSR count). The second kappa shape index (κ2) is 9.92. The van der Waals surface area contributed by atoms with Crippen molar-refractivity contribution in [2.75, 3.05) is 0 Å². The van der Waals surface area contributed by atoms with Crippen molar-refractivity contribution < 1.29 is 9.18 Å². The lowest BCUT2D eigenvalue weighted by Crippen LogP contribution is -2.41. The molecule has 0 bridgehead atoms. The second-order valence-electron chi connectivity index (χ2n) is 8.99. The van der Waals surface area contributed by atoms with E-state index in [1.807, 2.05) is 10.6 Å². The number of pyridine rings is 1. The van der Waals surface area contributed by atoms with Gasteiger partial charge in [0.15, 0.2) is 10.8 Å². The zero-order valence-corrected chi connectivity index (χ0v) is 21.2. The number of nitrogens with zero attached hydrogens (tertiary/aromatic N) is 7. The Morgan fingerprint density at radius 1 is 1.21 bits per heavy atom. The van der Waals surface area contributed by atoms with Gasteiger partial charge in [0.25, 0.3) is 5.91 Å². The topological polar surface area (TPSA) is 138 Å². The third kappa shape index (κ3) is 4.51. The third-order valence-corrected chi connectivity index (χ3v) is 7.69. The molecule has 3 unspecified atom stereocenters. The van der Waals surface area contributed by atoms with E-state index >= 15 is 4.39 Å².